The molecule has 0 radical (unpaired) electrons. The molecule has 4 rings (SSSR count). The summed E-state index contributed by atoms with van der Waals surface area (Å²) in [4.78, 5) is 13.1. The molecular formula is C24H28O4. The molecule has 2 fully saturated rings. The molecule has 148 valence electrons. The van der Waals surface area contributed by atoms with Gasteiger partial charge >= 0.3 is 5.97 Å². The molecule has 2 aliphatic rings. The number of rotatable bonds is 4. The van der Waals surface area contributed by atoms with Crippen molar-refractivity contribution >= 4 is 5.97 Å². The Bertz CT molecular complexity index is 776. The zero-order valence-electron chi connectivity index (χ0n) is 16.4. The minimum Gasteiger partial charge on any atom is -0.460 e. The first-order valence-electron chi connectivity index (χ1n) is 10.3. The zero-order chi connectivity index (χ0) is 19.4. The van der Waals surface area contributed by atoms with Gasteiger partial charge < -0.3 is 14.2 Å². The fraction of sp³-hybridized carbons (Fsp3) is 0.458. The summed E-state index contributed by atoms with van der Waals surface area (Å²) < 4.78 is 17.9. The third-order valence-electron chi connectivity index (χ3n) is 5.91. The van der Waals surface area contributed by atoms with Crippen LogP contribution in [0, 0.1) is 0 Å². The average Bonchev–Trinajstić information content (AvgIpc) is 2.75. The van der Waals surface area contributed by atoms with E-state index in [1.165, 1.54) is 12.0 Å². The van der Waals surface area contributed by atoms with Gasteiger partial charge in [0.05, 0.1) is 6.61 Å². The molecule has 0 bridgehead atoms. The van der Waals surface area contributed by atoms with Gasteiger partial charge in [-0.3, -0.25) is 0 Å². The number of hydrogen-bond acceptors (Lipinski definition) is 4. The van der Waals surface area contributed by atoms with Gasteiger partial charge in [-0.25, -0.2) is 4.79 Å². The smallest absolute Gasteiger partial charge is 0.338 e. The Morgan fingerprint density at radius 2 is 1.61 bits per heavy atom. The molecule has 3 unspecified atom stereocenters. The standard InChI is InChI=1S/C24H28O4/c1-24(16-17-26-22(28-24)19-12-6-3-7-13-19)23(25)27-21-15-9-8-14-20(21)18-10-4-2-5-11-18/h2-7,10-13,20-22H,8-9,14-17H2,1H3/t20?,21?,22?,24-/m0/s1. The van der Waals surface area contributed by atoms with E-state index in [1.807, 2.05) is 43.3 Å². The van der Waals surface area contributed by atoms with Crippen LogP contribution in [-0.2, 0) is 19.0 Å². The minimum absolute atomic E-state index is 0.0953. The van der Waals surface area contributed by atoms with Gasteiger partial charge in [0.25, 0.3) is 0 Å². The van der Waals surface area contributed by atoms with Crippen molar-refractivity contribution < 1.29 is 19.0 Å². The predicted octanol–water partition coefficient (Wildman–Crippen LogP) is 5.15. The van der Waals surface area contributed by atoms with Gasteiger partial charge in [0.2, 0.25) is 0 Å². The van der Waals surface area contributed by atoms with Gasteiger partial charge in [-0.2, -0.15) is 0 Å². The van der Waals surface area contributed by atoms with Crippen LogP contribution >= 0.6 is 0 Å². The average molecular weight is 380 g/mol. The lowest BCUT2D eigenvalue weighted by molar-refractivity contribution is -0.261. The molecule has 4 heteroatoms. The fourth-order valence-corrected chi connectivity index (χ4v) is 4.20. The van der Waals surface area contributed by atoms with Gasteiger partial charge in [-0.1, -0.05) is 67.1 Å². The molecule has 1 saturated heterocycles. The zero-order valence-corrected chi connectivity index (χ0v) is 16.4. The highest BCUT2D eigenvalue weighted by Gasteiger charge is 2.44. The lowest BCUT2D eigenvalue weighted by Gasteiger charge is -2.39. The molecule has 28 heavy (non-hydrogen) atoms. The second-order valence-electron chi connectivity index (χ2n) is 7.96. The Kier molecular flexibility index (Phi) is 5.79. The largest absolute Gasteiger partial charge is 0.460 e. The molecule has 4 atom stereocenters. The molecule has 0 aromatic heterocycles. The Labute approximate surface area is 166 Å². The van der Waals surface area contributed by atoms with Crippen molar-refractivity contribution in [3.05, 3.63) is 71.8 Å². The van der Waals surface area contributed by atoms with E-state index in [1.54, 1.807) is 0 Å². The lowest BCUT2D eigenvalue weighted by atomic mass is 9.81. The van der Waals surface area contributed by atoms with E-state index in [0.29, 0.717) is 13.0 Å². The second kappa shape index (κ2) is 8.46. The third kappa shape index (κ3) is 4.13. The summed E-state index contributed by atoms with van der Waals surface area (Å²) in [5.41, 5.74) is 1.18. The molecule has 2 aromatic carbocycles. The first kappa shape index (κ1) is 19.2. The van der Waals surface area contributed by atoms with Crippen LogP contribution in [0.2, 0.25) is 0 Å². The number of benzene rings is 2. The number of carbonyl (C=O) groups excluding carboxylic acids is 1. The molecule has 0 amide bonds. The van der Waals surface area contributed by atoms with E-state index in [2.05, 4.69) is 24.3 Å². The third-order valence-corrected chi connectivity index (χ3v) is 5.91. The van der Waals surface area contributed by atoms with E-state index >= 15 is 0 Å². The van der Waals surface area contributed by atoms with Crippen molar-refractivity contribution in [3.8, 4) is 0 Å². The van der Waals surface area contributed by atoms with Crippen LogP contribution in [0.5, 0.6) is 0 Å². The maximum atomic E-state index is 13.1. The molecule has 1 saturated carbocycles. The topological polar surface area (TPSA) is 44.8 Å². The Morgan fingerprint density at radius 3 is 2.32 bits per heavy atom. The highest BCUT2D eigenvalue weighted by molar-refractivity contribution is 5.79. The molecule has 0 spiro atoms. The normalized spacial score (nSPS) is 30.5. The maximum absolute atomic E-state index is 13.1. The van der Waals surface area contributed by atoms with E-state index in [4.69, 9.17) is 14.2 Å². The summed E-state index contributed by atoms with van der Waals surface area (Å²) in [5, 5.41) is 0. The first-order valence-corrected chi connectivity index (χ1v) is 10.3. The molecule has 1 heterocycles. The van der Waals surface area contributed by atoms with Gasteiger partial charge in [0.15, 0.2) is 11.9 Å². The van der Waals surface area contributed by atoms with Crippen LogP contribution in [0.25, 0.3) is 0 Å². The van der Waals surface area contributed by atoms with Crippen LogP contribution in [0.4, 0.5) is 0 Å². The number of ether oxygens (including phenoxy) is 3. The van der Waals surface area contributed by atoms with Crippen LogP contribution in [0.3, 0.4) is 0 Å². The van der Waals surface area contributed by atoms with Crippen LogP contribution in [0.1, 0.15) is 62.4 Å². The van der Waals surface area contributed by atoms with Gasteiger partial charge in [-0.05, 0) is 31.7 Å². The Hall–Kier alpha value is -2.17. The van der Waals surface area contributed by atoms with Crippen molar-refractivity contribution in [3.63, 3.8) is 0 Å². The summed E-state index contributed by atoms with van der Waals surface area (Å²) in [6, 6.07) is 20.1. The van der Waals surface area contributed by atoms with E-state index in [0.717, 1.165) is 24.8 Å². The number of esters is 1. The monoisotopic (exact) mass is 380 g/mol. The highest BCUT2D eigenvalue weighted by atomic mass is 16.7. The SMILES string of the molecule is C[C@@]1(C(=O)OC2CCCCC2c2ccccc2)CCOC(c2ccccc2)O1. The van der Waals surface area contributed by atoms with Crippen LogP contribution in [-0.4, -0.2) is 24.3 Å². The van der Waals surface area contributed by atoms with E-state index in [-0.39, 0.29) is 18.0 Å². The Morgan fingerprint density at radius 1 is 0.964 bits per heavy atom. The van der Waals surface area contributed by atoms with Crippen molar-refractivity contribution in [1.82, 2.24) is 0 Å². The molecule has 1 aliphatic heterocycles. The van der Waals surface area contributed by atoms with Crippen molar-refractivity contribution in [2.75, 3.05) is 6.61 Å². The lowest BCUT2D eigenvalue weighted by Crippen LogP contribution is -2.47. The summed E-state index contributed by atoms with van der Waals surface area (Å²) >= 11 is 0. The van der Waals surface area contributed by atoms with Gasteiger partial charge in [-0.15, -0.1) is 0 Å². The predicted molar refractivity (Wildman–Crippen MR) is 107 cm³/mol. The Balaban J connectivity index is 1.47. The van der Waals surface area contributed by atoms with Crippen molar-refractivity contribution in [2.45, 2.75) is 62.9 Å². The summed E-state index contributed by atoms with van der Waals surface area (Å²) in [6.45, 7) is 2.30. The molecular weight excluding hydrogens is 352 g/mol. The van der Waals surface area contributed by atoms with Gasteiger partial charge in [0, 0.05) is 17.9 Å². The summed E-state index contributed by atoms with van der Waals surface area (Å²) in [7, 11) is 0. The highest BCUT2D eigenvalue weighted by Crippen LogP contribution is 2.38. The molecule has 2 aromatic rings. The van der Waals surface area contributed by atoms with E-state index < -0.39 is 11.9 Å². The molecule has 0 N–H and O–H groups in total. The minimum atomic E-state index is -0.989. The number of hydrogen-bond donors (Lipinski definition) is 0. The van der Waals surface area contributed by atoms with Crippen LogP contribution in [0.15, 0.2) is 60.7 Å². The van der Waals surface area contributed by atoms with Crippen molar-refractivity contribution in [2.24, 2.45) is 0 Å². The second-order valence-corrected chi connectivity index (χ2v) is 7.96. The fourth-order valence-electron chi connectivity index (χ4n) is 4.20. The van der Waals surface area contributed by atoms with Gasteiger partial charge in [0.1, 0.15) is 6.10 Å². The summed E-state index contributed by atoms with van der Waals surface area (Å²) in [6.07, 6.45) is 4.08. The first-order chi connectivity index (χ1) is 13.7. The quantitative estimate of drug-likeness (QED) is 0.688. The van der Waals surface area contributed by atoms with E-state index in [9.17, 15) is 4.79 Å². The summed E-state index contributed by atoms with van der Waals surface area (Å²) in [5.74, 6) is -0.0168. The molecule has 1 aliphatic carbocycles. The van der Waals surface area contributed by atoms with Crippen molar-refractivity contribution in [1.29, 1.82) is 0 Å². The maximum Gasteiger partial charge on any atom is 0.338 e. The van der Waals surface area contributed by atoms with Crippen LogP contribution < -0.4 is 0 Å². The molecule has 4 nitrogen and oxygen atoms in total. The number of carbonyl (C=O) groups is 1.